The van der Waals surface area contributed by atoms with Gasteiger partial charge < -0.3 is 13.0 Å². The molecule has 9 rings (SSSR count). The van der Waals surface area contributed by atoms with Crippen LogP contribution in [-0.4, -0.2) is 6.79 Å². The number of hydrogen-bond donors (Lipinski definition) is 0. The Morgan fingerprint density at radius 2 is 0.283 bits per heavy atom. The fourth-order valence-electron chi connectivity index (χ4n) is 6.54. The van der Waals surface area contributed by atoms with E-state index in [1.54, 1.807) is 0 Å². The first kappa shape index (κ1) is 45.6. The van der Waals surface area contributed by atoms with E-state index in [1.165, 1.54) is 47.7 Å². The molecule has 0 aliphatic carbocycles. The van der Waals surface area contributed by atoms with Gasteiger partial charge in [0, 0.05) is 19.5 Å². The number of benzene rings is 9. The van der Waals surface area contributed by atoms with Gasteiger partial charge in [0.25, 0.3) is 0 Å². The molecule has 9 aromatic rings. The quantitative estimate of drug-likeness (QED) is 0.0801. The third kappa shape index (κ3) is 13.3. The van der Waals surface area contributed by atoms with Crippen LogP contribution in [0, 0.1) is 0 Å². The molecule has 0 spiro atoms. The summed E-state index contributed by atoms with van der Waals surface area (Å²) in [5, 5.41) is 12.6. The zero-order valence-electron chi connectivity index (χ0n) is 34.1. The molecule has 0 fully saturated rings. The van der Waals surface area contributed by atoms with Gasteiger partial charge in [0.2, 0.25) is 0 Å². The minimum Gasteiger partial charge on any atom is -1.00 e. The third-order valence-corrected chi connectivity index (χ3v) is 16.5. The molecule has 5 heteroatoms. The topological polar surface area (TPSA) is 17.1 Å². The second kappa shape index (κ2) is 25.9. The molecule has 0 bridgehead atoms. The van der Waals surface area contributed by atoms with Crippen LogP contribution in [0.1, 0.15) is 1.43 Å². The maximum Gasteiger partial charge on any atom is 0 e. The second-order valence-corrected chi connectivity index (χ2v) is 19.7. The van der Waals surface area contributed by atoms with Gasteiger partial charge in [-0.25, -0.2) is 0 Å². The zero-order valence-corrected chi connectivity index (χ0v) is 37.4. The van der Waals surface area contributed by atoms with E-state index in [1.807, 2.05) is 0 Å². The fraction of sp³-hybridized carbons (Fsp3) is 0. The minimum atomic E-state index is -0.446. The Bertz CT molecular complexity index is 1890. The smallest absolute Gasteiger partial charge is 0 e. The normalized spacial score (nSPS) is 10.1. The monoisotopic (exact) mass is 918 g/mol. The SMILES string of the molecule is [C-]=O.[H-].[Rh].c1ccc(P(c2ccccc2)c2ccccc2)cc1.c1ccc(P(c2ccccc2)c2ccccc2)cc1.c1ccc(P(c2ccccc2)c2ccccc2)cc1. The van der Waals surface area contributed by atoms with Crippen LogP contribution in [0.2, 0.25) is 0 Å². The minimum absolute atomic E-state index is 0. The van der Waals surface area contributed by atoms with Gasteiger partial charge in [-0.3, -0.25) is 0 Å². The average molecular weight is 919 g/mol. The Morgan fingerprint density at radius 1 is 0.200 bits per heavy atom. The predicted molar refractivity (Wildman–Crippen MR) is 262 cm³/mol. The third-order valence-electron chi connectivity index (χ3n) is 9.13. The molecule has 1 nitrogen and oxygen atoms in total. The van der Waals surface area contributed by atoms with E-state index < -0.39 is 23.8 Å². The molecule has 298 valence electrons. The summed E-state index contributed by atoms with van der Waals surface area (Å²) in [5.74, 6) is 0. The van der Waals surface area contributed by atoms with Gasteiger partial charge in [-0.2, -0.15) is 0 Å². The van der Waals surface area contributed by atoms with E-state index in [-0.39, 0.29) is 20.9 Å². The van der Waals surface area contributed by atoms with Crippen molar-refractivity contribution in [2.24, 2.45) is 0 Å². The molecule has 2 radical (unpaired) electrons. The van der Waals surface area contributed by atoms with Crippen molar-refractivity contribution in [1.82, 2.24) is 0 Å². The van der Waals surface area contributed by atoms with E-state index in [0.717, 1.165) is 0 Å². The van der Waals surface area contributed by atoms with Crippen LogP contribution in [0.25, 0.3) is 0 Å². The van der Waals surface area contributed by atoms with Crippen molar-refractivity contribution in [1.29, 1.82) is 0 Å². The Labute approximate surface area is 374 Å². The summed E-state index contributed by atoms with van der Waals surface area (Å²) in [6.45, 7) is 4.50. The van der Waals surface area contributed by atoms with Gasteiger partial charge >= 0.3 is 0 Å². The summed E-state index contributed by atoms with van der Waals surface area (Å²) in [6.07, 6.45) is 0. The number of carbonyl (C=O) groups excluding carboxylic acids is 1. The number of rotatable bonds is 9. The van der Waals surface area contributed by atoms with Gasteiger partial charge in [0.05, 0.1) is 0 Å². The average Bonchev–Trinajstić information content (AvgIpc) is 3.34. The van der Waals surface area contributed by atoms with Crippen LogP contribution < -0.4 is 47.7 Å². The Kier molecular flexibility index (Phi) is 19.7. The summed E-state index contributed by atoms with van der Waals surface area (Å²) in [6, 6.07) is 97.0. The summed E-state index contributed by atoms with van der Waals surface area (Å²) >= 11 is 0. The molecule has 0 amide bonds. The summed E-state index contributed by atoms with van der Waals surface area (Å²) in [7, 11) is -1.34. The Morgan fingerprint density at radius 3 is 0.367 bits per heavy atom. The fourth-order valence-corrected chi connectivity index (χ4v) is 13.5. The van der Waals surface area contributed by atoms with Gasteiger partial charge in [-0.1, -0.05) is 273 Å². The van der Waals surface area contributed by atoms with Crippen LogP contribution in [0.3, 0.4) is 0 Å². The molecule has 0 N–H and O–H groups in total. The first-order valence-electron chi connectivity index (χ1n) is 19.4. The van der Waals surface area contributed by atoms with Crippen molar-refractivity contribution >= 4 is 78.3 Å². The van der Waals surface area contributed by atoms with E-state index >= 15 is 0 Å². The molecule has 0 saturated carbocycles. The van der Waals surface area contributed by atoms with E-state index in [9.17, 15) is 0 Å². The van der Waals surface area contributed by atoms with Crippen molar-refractivity contribution in [2.75, 3.05) is 0 Å². The molecule has 0 aliphatic heterocycles. The first-order valence-corrected chi connectivity index (χ1v) is 23.4. The van der Waals surface area contributed by atoms with Crippen molar-refractivity contribution in [2.45, 2.75) is 0 Å². The Balaban J connectivity index is 0.000000194. The van der Waals surface area contributed by atoms with Crippen LogP contribution in [0.5, 0.6) is 0 Å². The van der Waals surface area contributed by atoms with Crippen LogP contribution in [-0.2, 0) is 24.3 Å². The Hall–Kier alpha value is -5.44. The first-order chi connectivity index (χ1) is 29.3. The van der Waals surface area contributed by atoms with Crippen LogP contribution in [0.15, 0.2) is 273 Å². The molecule has 0 unspecified atom stereocenters. The van der Waals surface area contributed by atoms with Crippen LogP contribution in [0.4, 0.5) is 0 Å². The largest absolute Gasteiger partial charge is 1.00 e. The second-order valence-electron chi connectivity index (χ2n) is 13.0. The molecule has 0 heterocycles. The standard InChI is InChI=1S/3C18H15P.CO.Rh.H/c3*1-4-10-16(11-5-1)19(17-12-6-2-7-13-17)18-14-8-3-9-15-18;1-2;;/h3*1-15H;;;/q;;;-1;;-1. The summed E-state index contributed by atoms with van der Waals surface area (Å²) < 4.78 is 0. The van der Waals surface area contributed by atoms with Gasteiger partial charge in [0.15, 0.2) is 0 Å². The molecular formula is C55H46OP3Rh-2. The van der Waals surface area contributed by atoms with Crippen molar-refractivity contribution in [3.63, 3.8) is 0 Å². The van der Waals surface area contributed by atoms with Crippen molar-refractivity contribution in [3.8, 4) is 0 Å². The molecule has 0 aromatic heterocycles. The van der Waals surface area contributed by atoms with Crippen molar-refractivity contribution in [3.05, 3.63) is 273 Å². The summed E-state index contributed by atoms with van der Waals surface area (Å²) in [5.41, 5.74) is 0. The molecule has 0 aliphatic rings. The van der Waals surface area contributed by atoms with Crippen molar-refractivity contribution < 1.29 is 25.7 Å². The van der Waals surface area contributed by atoms with Gasteiger partial charge in [0.1, 0.15) is 0 Å². The van der Waals surface area contributed by atoms with Crippen LogP contribution >= 0.6 is 23.8 Å². The molecular weight excluding hydrogens is 872 g/mol. The molecule has 0 atom stereocenters. The zero-order chi connectivity index (χ0) is 40.7. The number of hydrogen-bond acceptors (Lipinski definition) is 1. The van der Waals surface area contributed by atoms with Gasteiger partial charge in [-0.05, 0) is 71.5 Å². The maximum atomic E-state index is 7.50. The van der Waals surface area contributed by atoms with E-state index in [0.29, 0.717) is 0 Å². The van der Waals surface area contributed by atoms with Gasteiger partial charge in [-0.15, -0.1) is 0 Å². The summed E-state index contributed by atoms with van der Waals surface area (Å²) in [4.78, 5) is 7.50. The molecule has 9 aromatic carbocycles. The van der Waals surface area contributed by atoms with E-state index in [2.05, 4.69) is 280 Å². The maximum absolute atomic E-state index is 7.50. The molecule has 0 saturated heterocycles. The van der Waals surface area contributed by atoms with E-state index in [4.69, 9.17) is 4.79 Å². The molecule has 60 heavy (non-hydrogen) atoms. The predicted octanol–water partition coefficient (Wildman–Crippen LogP) is 10.0.